The molecule has 2 heteroatoms. The fraction of sp³-hybridized carbons (Fsp3) is 0.294. The lowest BCUT2D eigenvalue weighted by molar-refractivity contribution is 0.456. The van der Waals surface area contributed by atoms with Crippen LogP contribution in [-0.2, 0) is 13.0 Å². The third-order valence-corrected chi connectivity index (χ3v) is 3.91. The van der Waals surface area contributed by atoms with Gasteiger partial charge in [-0.1, -0.05) is 42.0 Å². The summed E-state index contributed by atoms with van der Waals surface area (Å²) in [5.41, 5.74) is 5.16. The van der Waals surface area contributed by atoms with Crippen molar-refractivity contribution >= 4 is 0 Å². The third-order valence-electron chi connectivity index (χ3n) is 3.91. The lowest BCUT2D eigenvalue weighted by atomic mass is 10.0. The Labute approximate surface area is 114 Å². The highest BCUT2D eigenvalue weighted by atomic mass is 16.3. The summed E-state index contributed by atoms with van der Waals surface area (Å²) in [6, 6.07) is 14.6. The Hall–Kier alpha value is -1.80. The third kappa shape index (κ3) is 2.49. The van der Waals surface area contributed by atoms with Gasteiger partial charge in [0.15, 0.2) is 0 Å². The highest BCUT2D eigenvalue weighted by Crippen LogP contribution is 2.32. The number of phenols is 1. The number of aryl methyl sites for hydroxylation is 2. The van der Waals surface area contributed by atoms with E-state index in [-0.39, 0.29) is 0 Å². The second-order valence-corrected chi connectivity index (χ2v) is 5.30. The van der Waals surface area contributed by atoms with E-state index < -0.39 is 0 Å². The maximum Gasteiger partial charge on any atom is 0.120 e. The Morgan fingerprint density at radius 1 is 1.21 bits per heavy atom. The maximum absolute atomic E-state index is 9.78. The summed E-state index contributed by atoms with van der Waals surface area (Å²) in [6.07, 6.45) is 2.29. The van der Waals surface area contributed by atoms with E-state index in [1.165, 1.54) is 16.7 Å². The molecule has 19 heavy (non-hydrogen) atoms. The molecule has 0 spiro atoms. The van der Waals surface area contributed by atoms with Crippen molar-refractivity contribution in [2.45, 2.75) is 32.4 Å². The highest BCUT2D eigenvalue weighted by molar-refractivity contribution is 5.38. The van der Waals surface area contributed by atoms with Gasteiger partial charge in [-0.3, -0.25) is 0 Å². The summed E-state index contributed by atoms with van der Waals surface area (Å²) < 4.78 is 0. The lowest BCUT2D eigenvalue weighted by Crippen LogP contribution is -2.18. The second kappa shape index (κ2) is 5.06. The fourth-order valence-corrected chi connectivity index (χ4v) is 2.83. The molecule has 0 radical (unpaired) electrons. The van der Waals surface area contributed by atoms with E-state index >= 15 is 0 Å². The first kappa shape index (κ1) is 12.2. The van der Waals surface area contributed by atoms with Crippen molar-refractivity contribution in [2.24, 2.45) is 0 Å². The zero-order chi connectivity index (χ0) is 13.2. The molecule has 1 aliphatic carbocycles. The molecule has 2 aromatic carbocycles. The number of benzene rings is 2. The standard InChI is InChI=1S/C17H19NO/c1-12-6-7-13-8-9-16(15(13)10-12)18-11-14-4-2-3-5-17(14)19/h2-7,10,16,18-19H,8-9,11H2,1H3. The molecule has 98 valence electrons. The van der Waals surface area contributed by atoms with Crippen LogP contribution in [0.1, 0.15) is 34.7 Å². The van der Waals surface area contributed by atoms with Gasteiger partial charge in [0.25, 0.3) is 0 Å². The number of phenolic OH excluding ortho intramolecular Hbond substituents is 1. The van der Waals surface area contributed by atoms with Crippen LogP contribution in [0.2, 0.25) is 0 Å². The molecule has 0 fully saturated rings. The molecular weight excluding hydrogens is 234 g/mol. The zero-order valence-electron chi connectivity index (χ0n) is 11.2. The zero-order valence-corrected chi connectivity index (χ0v) is 11.2. The quantitative estimate of drug-likeness (QED) is 0.877. The molecule has 1 atom stereocenters. The largest absolute Gasteiger partial charge is 0.508 e. The molecule has 0 heterocycles. The van der Waals surface area contributed by atoms with E-state index in [1.807, 2.05) is 18.2 Å². The molecule has 0 bridgehead atoms. The van der Waals surface area contributed by atoms with Gasteiger partial charge >= 0.3 is 0 Å². The minimum absolute atomic E-state index is 0.373. The Morgan fingerprint density at radius 2 is 2.05 bits per heavy atom. The number of aromatic hydroxyl groups is 1. The Bertz CT molecular complexity index is 592. The van der Waals surface area contributed by atoms with Crippen LogP contribution >= 0.6 is 0 Å². The summed E-state index contributed by atoms with van der Waals surface area (Å²) in [4.78, 5) is 0. The van der Waals surface area contributed by atoms with Crippen LogP contribution in [0.4, 0.5) is 0 Å². The summed E-state index contributed by atoms with van der Waals surface area (Å²) in [5, 5.41) is 13.3. The lowest BCUT2D eigenvalue weighted by Gasteiger charge is -2.15. The number of nitrogens with one attached hydrogen (secondary N) is 1. The van der Waals surface area contributed by atoms with Crippen molar-refractivity contribution in [3.05, 3.63) is 64.7 Å². The van der Waals surface area contributed by atoms with Crippen LogP contribution in [-0.4, -0.2) is 5.11 Å². The van der Waals surface area contributed by atoms with Gasteiger partial charge in [0.1, 0.15) is 5.75 Å². The average Bonchev–Trinajstić information content (AvgIpc) is 2.80. The molecule has 1 unspecified atom stereocenters. The molecule has 0 amide bonds. The summed E-state index contributed by atoms with van der Waals surface area (Å²) in [5.74, 6) is 0.373. The van der Waals surface area contributed by atoms with Gasteiger partial charge in [0, 0.05) is 18.2 Å². The smallest absolute Gasteiger partial charge is 0.120 e. The van der Waals surface area contributed by atoms with Crippen molar-refractivity contribution in [1.82, 2.24) is 5.32 Å². The van der Waals surface area contributed by atoms with Gasteiger partial charge in [-0.05, 0) is 37.0 Å². The van der Waals surface area contributed by atoms with Crippen molar-refractivity contribution < 1.29 is 5.11 Å². The van der Waals surface area contributed by atoms with Gasteiger partial charge in [-0.25, -0.2) is 0 Å². The van der Waals surface area contributed by atoms with E-state index in [0.29, 0.717) is 18.3 Å². The molecule has 0 saturated heterocycles. The average molecular weight is 253 g/mol. The Kier molecular flexibility index (Phi) is 3.26. The molecule has 0 aromatic heterocycles. The highest BCUT2D eigenvalue weighted by Gasteiger charge is 2.21. The first-order chi connectivity index (χ1) is 9.24. The summed E-state index contributed by atoms with van der Waals surface area (Å²) in [7, 11) is 0. The molecule has 2 N–H and O–H groups in total. The first-order valence-electron chi connectivity index (χ1n) is 6.84. The van der Waals surface area contributed by atoms with Gasteiger partial charge in [0.2, 0.25) is 0 Å². The van der Waals surface area contributed by atoms with E-state index in [2.05, 4.69) is 30.4 Å². The molecule has 0 aliphatic heterocycles. The number of hydrogen-bond acceptors (Lipinski definition) is 2. The number of para-hydroxylation sites is 1. The monoisotopic (exact) mass is 253 g/mol. The van der Waals surface area contributed by atoms with Crippen molar-refractivity contribution in [1.29, 1.82) is 0 Å². The molecule has 0 saturated carbocycles. The molecule has 1 aliphatic rings. The molecule has 2 nitrogen and oxygen atoms in total. The van der Waals surface area contributed by atoms with Crippen LogP contribution in [0.25, 0.3) is 0 Å². The predicted octanol–water partition coefficient (Wildman–Crippen LogP) is 3.48. The van der Waals surface area contributed by atoms with Gasteiger partial charge in [0.05, 0.1) is 0 Å². The predicted molar refractivity (Wildman–Crippen MR) is 77.2 cm³/mol. The Morgan fingerprint density at radius 3 is 2.89 bits per heavy atom. The number of fused-ring (bicyclic) bond motifs is 1. The van der Waals surface area contributed by atoms with Gasteiger partial charge < -0.3 is 10.4 Å². The summed E-state index contributed by atoms with van der Waals surface area (Å²) in [6.45, 7) is 2.85. The van der Waals surface area contributed by atoms with E-state index in [9.17, 15) is 5.11 Å². The molecule has 3 rings (SSSR count). The van der Waals surface area contributed by atoms with Crippen LogP contribution in [0.15, 0.2) is 42.5 Å². The Balaban J connectivity index is 1.73. The van der Waals surface area contributed by atoms with Gasteiger partial charge in [-0.2, -0.15) is 0 Å². The van der Waals surface area contributed by atoms with Crippen molar-refractivity contribution in [2.75, 3.05) is 0 Å². The molecular formula is C17H19NO. The minimum atomic E-state index is 0.373. The van der Waals surface area contributed by atoms with Crippen molar-refractivity contribution in [3.63, 3.8) is 0 Å². The van der Waals surface area contributed by atoms with Crippen LogP contribution < -0.4 is 5.32 Å². The van der Waals surface area contributed by atoms with E-state index in [0.717, 1.165) is 18.4 Å². The summed E-state index contributed by atoms with van der Waals surface area (Å²) >= 11 is 0. The normalized spacial score (nSPS) is 17.4. The van der Waals surface area contributed by atoms with Crippen LogP contribution in [0.5, 0.6) is 5.75 Å². The van der Waals surface area contributed by atoms with Crippen LogP contribution in [0, 0.1) is 6.92 Å². The van der Waals surface area contributed by atoms with Crippen molar-refractivity contribution in [3.8, 4) is 5.75 Å². The number of hydrogen-bond donors (Lipinski definition) is 2. The van der Waals surface area contributed by atoms with Gasteiger partial charge in [-0.15, -0.1) is 0 Å². The fourth-order valence-electron chi connectivity index (χ4n) is 2.83. The van der Waals surface area contributed by atoms with Crippen LogP contribution in [0.3, 0.4) is 0 Å². The topological polar surface area (TPSA) is 32.3 Å². The SMILES string of the molecule is Cc1ccc2c(c1)C(NCc1ccccc1O)CC2. The van der Waals surface area contributed by atoms with E-state index in [1.54, 1.807) is 6.07 Å². The second-order valence-electron chi connectivity index (χ2n) is 5.30. The minimum Gasteiger partial charge on any atom is -0.508 e. The van der Waals surface area contributed by atoms with E-state index in [4.69, 9.17) is 0 Å². The number of rotatable bonds is 3. The maximum atomic E-state index is 9.78. The molecule has 2 aromatic rings. The first-order valence-corrected chi connectivity index (χ1v) is 6.84.